The number of benzene rings is 2. The molecule has 2 aromatic carbocycles. The second-order valence-electron chi connectivity index (χ2n) is 15.3. The molecule has 62 heavy (non-hydrogen) atoms. The van der Waals surface area contributed by atoms with Crippen molar-refractivity contribution in [1.29, 1.82) is 0 Å². The number of aromatic nitrogens is 2. The van der Waals surface area contributed by atoms with E-state index < -0.39 is 33.8 Å². The molecule has 2 saturated heterocycles. The van der Waals surface area contributed by atoms with Gasteiger partial charge in [-0.2, -0.15) is 18.2 Å². The van der Waals surface area contributed by atoms with E-state index in [9.17, 15) is 31.8 Å². The number of carbonyl (C=O) groups excluding carboxylic acids is 3. The average molecular weight is 919 g/mol. The largest absolute Gasteiger partial charge is 0.481 e. The maximum absolute atomic E-state index is 12.7. The van der Waals surface area contributed by atoms with E-state index in [1.165, 1.54) is 11.8 Å². The topological polar surface area (TPSA) is 173 Å². The first kappa shape index (κ1) is 45.0. The molecule has 2 aliphatic heterocycles. The zero-order valence-electron chi connectivity index (χ0n) is 33.9. The molecule has 3 aliphatic rings. The van der Waals surface area contributed by atoms with Crippen molar-refractivity contribution in [2.75, 3.05) is 40.1 Å². The van der Waals surface area contributed by atoms with Crippen LogP contribution in [0, 0.1) is 5.92 Å². The van der Waals surface area contributed by atoms with E-state index in [0.717, 1.165) is 46.1 Å². The molecule has 3 amide bonds. The van der Waals surface area contributed by atoms with Crippen molar-refractivity contribution in [3.05, 3.63) is 86.9 Å². The Kier molecular flexibility index (Phi) is 13.6. The Balaban J connectivity index is 1.03. The molecule has 7 rings (SSSR count). The molecule has 330 valence electrons. The lowest BCUT2D eigenvalue weighted by Crippen LogP contribution is -2.40. The van der Waals surface area contributed by atoms with E-state index in [1.807, 2.05) is 53.4 Å². The highest BCUT2D eigenvalue weighted by Crippen LogP contribution is 2.45. The Labute approximate surface area is 366 Å². The molecular formula is C42H44Cl2F3N7O7S. The quantitative estimate of drug-likeness (QED) is 0.124. The molecule has 2 fully saturated rings. The highest BCUT2D eigenvalue weighted by atomic mass is 35.5. The van der Waals surface area contributed by atoms with Crippen LogP contribution in [0.1, 0.15) is 54.0 Å². The van der Waals surface area contributed by atoms with Crippen LogP contribution in [-0.4, -0.2) is 89.1 Å². The number of hydrogen-bond donors (Lipinski definition) is 3. The van der Waals surface area contributed by atoms with E-state index in [0.29, 0.717) is 67.5 Å². The van der Waals surface area contributed by atoms with Gasteiger partial charge in [0.1, 0.15) is 21.0 Å². The van der Waals surface area contributed by atoms with Gasteiger partial charge in [-0.05, 0) is 61.1 Å². The van der Waals surface area contributed by atoms with Crippen LogP contribution in [0.2, 0.25) is 10.0 Å². The van der Waals surface area contributed by atoms with Crippen molar-refractivity contribution >= 4 is 50.8 Å². The number of alkyl halides is 3. The fourth-order valence-corrected chi connectivity index (χ4v) is 9.53. The highest BCUT2D eigenvalue weighted by Gasteiger charge is 2.40. The lowest BCUT2D eigenvalue weighted by atomic mass is 9.94. The number of rotatable bonds is 14. The van der Waals surface area contributed by atoms with Crippen LogP contribution in [0.15, 0.2) is 59.0 Å². The summed E-state index contributed by atoms with van der Waals surface area (Å²) < 4.78 is 72.8. The summed E-state index contributed by atoms with van der Waals surface area (Å²) in [7, 11) is -0.926. The van der Waals surface area contributed by atoms with Gasteiger partial charge in [0.25, 0.3) is 5.91 Å². The molecule has 0 bridgehead atoms. The minimum Gasteiger partial charge on any atom is -0.481 e. The monoisotopic (exact) mass is 917 g/mol. The van der Waals surface area contributed by atoms with Gasteiger partial charge < -0.3 is 24.8 Å². The van der Waals surface area contributed by atoms with Crippen molar-refractivity contribution in [2.24, 2.45) is 10.3 Å². The number of methoxy groups -OCH3 is 2. The Bertz CT molecular complexity index is 2520. The third-order valence-electron chi connectivity index (χ3n) is 11.0. The standard InChI is InChI=1S/C42H44Cl2F3N7O7S/c1-59-38-23(19-48-20-26-11-15-35(55)49-26)10-13-33(50-38)31-9-5-8-30(36(31)44)27-6-4-7-29-28(27)12-14-34(29)61-40-32(43)18-25(39(51-40)60-2)22-54-17-16-24(21-54)37(56)52-62(3,58)53-41(57)42(45,46)47/h4-10,13,18,24,26,34,48H,11-12,14-17,19-22H2,1-3H3,(H,49,55)(H,52,53,56,57,58)/t24-,26+,34+,62?/m1/s1. The number of ether oxygens (including phenoxy) is 3. The van der Waals surface area contributed by atoms with Crippen LogP contribution >= 0.6 is 23.2 Å². The third kappa shape index (κ3) is 10.3. The molecule has 1 unspecified atom stereocenters. The van der Waals surface area contributed by atoms with Gasteiger partial charge >= 0.3 is 12.1 Å². The first-order chi connectivity index (χ1) is 29.5. The first-order valence-corrected chi connectivity index (χ1v) is 22.4. The minimum absolute atomic E-state index is 0.0744. The number of fused-ring (bicyclic) bond motifs is 1. The van der Waals surface area contributed by atoms with Gasteiger partial charge in [0, 0.05) is 67.2 Å². The van der Waals surface area contributed by atoms with Crippen molar-refractivity contribution in [3.8, 4) is 40.0 Å². The van der Waals surface area contributed by atoms with Crippen LogP contribution in [0.4, 0.5) is 13.2 Å². The van der Waals surface area contributed by atoms with Gasteiger partial charge in [0.2, 0.25) is 23.5 Å². The fourth-order valence-electron chi connectivity index (χ4n) is 7.99. The zero-order valence-corrected chi connectivity index (χ0v) is 36.3. The lowest BCUT2D eigenvalue weighted by molar-refractivity contribution is -0.171. The lowest BCUT2D eigenvalue weighted by Gasteiger charge is -2.20. The number of hydrogen-bond acceptors (Lipinski definition) is 11. The minimum atomic E-state index is -5.27. The summed E-state index contributed by atoms with van der Waals surface area (Å²) in [5.74, 6) is -3.09. The summed E-state index contributed by atoms with van der Waals surface area (Å²) in [5.41, 5.74) is 6.72. The maximum atomic E-state index is 12.7. The molecule has 14 nitrogen and oxygen atoms in total. The Morgan fingerprint density at radius 1 is 0.952 bits per heavy atom. The van der Waals surface area contributed by atoms with Crippen molar-refractivity contribution < 1.29 is 46.0 Å². The molecule has 1 aliphatic carbocycles. The molecular weight excluding hydrogens is 874 g/mol. The summed E-state index contributed by atoms with van der Waals surface area (Å²) in [6, 6.07) is 17.5. The maximum Gasteiger partial charge on any atom is 0.472 e. The third-order valence-corrected chi connectivity index (χ3v) is 12.7. The van der Waals surface area contributed by atoms with Gasteiger partial charge in [-0.3, -0.25) is 24.0 Å². The molecule has 0 spiro atoms. The van der Waals surface area contributed by atoms with Crippen LogP contribution in [-0.2, 0) is 43.8 Å². The van der Waals surface area contributed by atoms with Crippen LogP contribution in [0.5, 0.6) is 17.6 Å². The van der Waals surface area contributed by atoms with Gasteiger partial charge in [0.15, 0.2) is 0 Å². The smallest absolute Gasteiger partial charge is 0.472 e. The molecule has 0 radical (unpaired) electrons. The van der Waals surface area contributed by atoms with E-state index in [2.05, 4.69) is 20.0 Å². The van der Waals surface area contributed by atoms with E-state index >= 15 is 0 Å². The Morgan fingerprint density at radius 3 is 2.40 bits per heavy atom. The normalized spacial score (nSPS) is 19.7. The van der Waals surface area contributed by atoms with E-state index in [1.54, 1.807) is 13.2 Å². The number of carbonyl (C=O) groups is 3. The fraction of sp³-hybridized carbons (Fsp3) is 0.405. The number of amides is 3. The van der Waals surface area contributed by atoms with Gasteiger partial charge in [-0.15, -0.1) is 4.36 Å². The number of pyridine rings is 2. The summed E-state index contributed by atoms with van der Waals surface area (Å²) in [6.07, 6.45) is -1.89. The van der Waals surface area contributed by atoms with E-state index in [-0.39, 0.29) is 47.9 Å². The Morgan fingerprint density at radius 2 is 1.68 bits per heavy atom. The van der Waals surface area contributed by atoms with Crippen molar-refractivity contribution in [1.82, 2.24) is 30.2 Å². The van der Waals surface area contributed by atoms with Crippen molar-refractivity contribution in [2.45, 2.75) is 63.5 Å². The summed E-state index contributed by atoms with van der Waals surface area (Å²) in [6.45, 7) is 2.00. The number of likely N-dealkylation sites (tertiary alicyclic amines) is 1. The number of halogens is 5. The summed E-state index contributed by atoms with van der Waals surface area (Å²) in [4.78, 5) is 46.9. The summed E-state index contributed by atoms with van der Waals surface area (Å²) >= 11 is 13.9. The van der Waals surface area contributed by atoms with Crippen LogP contribution in [0.25, 0.3) is 22.4 Å². The zero-order chi connectivity index (χ0) is 44.3. The molecule has 4 atom stereocenters. The average Bonchev–Trinajstić information content (AvgIpc) is 3.98. The molecule has 3 N–H and O–H groups in total. The second-order valence-corrected chi connectivity index (χ2v) is 18.1. The first-order valence-electron chi connectivity index (χ1n) is 19.8. The number of nitrogens with one attached hydrogen (secondary N) is 3. The predicted molar refractivity (Wildman–Crippen MR) is 226 cm³/mol. The number of nitrogens with zero attached hydrogens (tertiary/aromatic N) is 4. The molecule has 0 saturated carbocycles. The van der Waals surface area contributed by atoms with Crippen LogP contribution < -0.4 is 29.6 Å². The molecule has 2 aromatic heterocycles. The van der Waals surface area contributed by atoms with Gasteiger partial charge in [0.05, 0.1) is 30.9 Å². The van der Waals surface area contributed by atoms with E-state index in [4.69, 9.17) is 42.4 Å². The van der Waals surface area contributed by atoms with Crippen LogP contribution in [0.3, 0.4) is 0 Å². The van der Waals surface area contributed by atoms with Gasteiger partial charge in [-0.1, -0.05) is 65.7 Å². The second kappa shape index (κ2) is 18.8. The molecule has 4 aromatic rings. The Hall–Kier alpha value is -5.01. The molecule has 4 heterocycles. The molecule has 20 heteroatoms. The van der Waals surface area contributed by atoms with Gasteiger partial charge in [-0.25, -0.2) is 9.19 Å². The highest BCUT2D eigenvalue weighted by molar-refractivity contribution is 7.91. The van der Waals surface area contributed by atoms with Crippen molar-refractivity contribution in [3.63, 3.8) is 0 Å². The summed E-state index contributed by atoms with van der Waals surface area (Å²) in [5, 5.41) is 7.12. The SMILES string of the molecule is COc1nc(-c2cccc(-c3cccc4c3CC[C@@H]4Oc3nc(OC)c(CN4CC[C@@H](C(=O)N=S(C)(=O)NC(=O)C(F)(F)F)C4)cc3Cl)c2Cl)ccc1CNC[C@@H]1CCC(=O)N1. The predicted octanol–water partition coefficient (Wildman–Crippen LogP) is 6.61.